The van der Waals surface area contributed by atoms with Crippen molar-refractivity contribution >= 4 is 27.3 Å². The Bertz CT molecular complexity index is 1230. The van der Waals surface area contributed by atoms with Crippen LogP contribution in [0.15, 0.2) is 71.6 Å². The Morgan fingerprint density at radius 2 is 1.61 bits per heavy atom. The number of anilines is 2. The van der Waals surface area contributed by atoms with Crippen LogP contribution in [0.5, 0.6) is 17.2 Å². The summed E-state index contributed by atoms with van der Waals surface area (Å²) in [5.74, 6) is 1.15. The van der Waals surface area contributed by atoms with Crippen LogP contribution in [0.4, 0.5) is 11.4 Å². The Balaban J connectivity index is 1.66. The van der Waals surface area contributed by atoms with E-state index in [1.54, 1.807) is 50.4 Å². The van der Waals surface area contributed by atoms with Crippen molar-refractivity contribution in [3.8, 4) is 17.2 Å². The fourth-order valence-electron chi connectivity index (χ4n) is 3.00. The maximum absolute atomic E-state index is 12.8. The highest BCUT2D eigenvalue weighted by molar-refractivity contribution is 7.92. The molecule has 33 heavy (non-hydrogen) atoms. The molecule has 0 heterocycles. The lowest BCUT2D eigenvalue weighted by Crippen LogP contribution is -2.30. The molecule has 3 rings (SSSR count). The van der Waals surface area contributed by atoms with Gasteiger partial charge >= 0.3 is 0 Å². The SMILES string of the molecule is COc1cccc(O[C@@H](C)C(=O)Nc2ccc(S(=O)(=O)Nc3cc(C)ccc3OC)cc2)c1. The summed E-state index contributed by atoms with van der Waals surface area (Å²) in [4.78, 5) is 12.5. The summed E-state index contributed by atoms with van der Waals surface area (Å²) in [6.07, 6.45) is -0.782. The van der Waals surface area contributed by atoms with E-state index in [1.807, 2.05) is 13.0 Å². The van der Waals surface area contributed by atoms with Crippen LogP contribution < -0.4 is 24.2 Å². The summed E-state index contributed by atoms with van der Waals surface area (Å²) in [5.41, 5.74) is 1.67. The smallest absolute Gasteiger partial charge is 0.265 e. The molecule has 1 atom stereocenters. The molecule has 0 radical (unpaired) electrons. The number of sulfonamides is 1. The number of methoxy groups -OCH3 is 2. The maximum atomic E-state index is 12.8. The molecule has 3 aromatic carbocycles. The van der Waals surface area contributed by atoms with Crippen molar-refractivity contribution < 1.29 is 27.4 Å². The predicted octanol–water partition coefficient (Wildman–Crippen LogP) is 4.22. The van der Waals surface area contributed by atoms with Crippen molar-refractivity contribution in [2.75, 3.05) is 24.3 Å². The van der Waals surface area contributed by atoms with E-state index in [0.717, 1.165) is 5.56 Å². The molecular weight excluding hydrogens is 444 g/mol. The summed E-state index contributed by atoms with van der Waals surface area (Å²) in [5, 5.41) is 2.71. The van der Waals surface area contributed by atoms with Crippen LogP contribution in [0.25, 0.3) is 0 Å². The topological polar surface area (TPSA) is 103 Å². The number of nitrogens with one attached hydrogen (secondary N) is 2. The molecule has 0 saturated heterocycles. The van der Waals surface area contributed by atoms with Crippen LogP contribution in [0.1, 0.15) is 12.5 Å². The number of hydrogen-bond acceptors (Lipinski definition) is 6. The molecule has 0 spiro atoms. The van der Waals surface area contributed by atoms with Crippen LogP contribution >= 0.6 is 0 Å². The maximum Gasteiger partial charge on any atom is 0.265 e. The molecule has 0 aliphatic carbocycles. The average Bonchev–Trinajstić information content (AvgIpc) is 2.79. The van der Waals surface area contributed by atoms with Crippen LogP contribution in [0.2, 0.25) is 0 Å². The number of carbonyl (C=O) groups is 1. The van der Waals surface area contributed by atoms with E-state index in [1.165, 1.54) is 31.4 Å². The number of rotatable bonds is 9. The molecule has 0 aliphatic rings. The van der Waals surface area contributed by atoms with E-state index >= 15 is 0 Å². The third-order valence-corrected chi connectivity index (χ3v) is 6.14. The van der Waals surface area contributed by atoms with E-state index in [9.17, 15) is 13.2 Å². The Morgan fingerprint density at radius 3 is 2.27 bits per heavy atom. The second-order valence-corrected chi connectivity index (χ2v) is 8.94. The van der Waals surface area contributed by atoms with Gasteiger partial charge in [-0.25, -0.2) is 8.42 Å². The second-order valence-electron chi connectivity index (χ2n) is 7.26. The van der Waals surface area contributed by atoms with E-state index in [0.29, 0.717) is 28.6 Å². The molecule has 0 bridgehead atoms. The molecule has 0 aliphatic heterocycles. The zero-order valence-corrected chi connectivity index (χ0v) is 19.6. The summed E-state index contributed by atoms with van der Waals surface area (Å²) in [6, 6.07) is 18.0. The second kappa shape index (κ2) is 10.3. The first kappa shape index (κ1) is 23.9. The minimum Gasteiger partial charge on any atom is -0.497 e. The minimum absolute atomic E-state index is 0.0461. The van der Waals surface area contributed by atoms with Gasteiger partial charge in [0.25, 0.3) is 15.9 Å². The zero-order valence-electron chi connectivity index (χ0n) is 18.8. The Labute approximate surface area is 193 Å². The van der Waals surface area contributed by atoms with E-state index in [2.05, 4.69) is 10.0 Å². The molecule has 8 nitrogen and oxygen atoms in total. The van der Waals surface area contributed by atoms with Gasteiger partial charge in [0.2, 0.25) is 0 Å². The van der Waals surface area contributed by atoms with E-state index < -0.39 is 16.1 Å². The number of amides is 1. The van der Waals surface area contributed by atoms with Crippen molar-refractivity contribution in [2.24, 2.45) is 0 Å². The molecule has 9 heteroatoms. The quantitative estimate of drug-likeness (QED) is 0.485. The molecular formula is C24H26N2O6S. The molecule has 1 amide bonds. The fraction of sp³-hybridized carbons (Fsp3) is 0.208. The predicted molar refractivity (Wildman–Crippen MR) is 127 cm³/mol. The van der Waals surface area contributed by atoms with Gasteiger partial charge in [0, 0.05) is 11.8 Å². The minimum atomic E-state index is -3.85. The van der Waals surface area contributed by atoms with Gasteiger partial charge < -0.3 is 19.5 Å². The van der Waals surface area contributed by atoms with Gasteiger partial charge in [0.05, 0.1) is 24.8 Å². The first-order valence-corrected chi connectivity index (χ1v) is 11.6. The number of aryl methyl sites for hydroxylation is 1. The Kier molecular flexibility index (Phi) is 7.44. The van der Waals surface area contributed by atoms with Gasteiger partial charge in [-0.1, -0.05) is 12.1 Å². The lowest BCUT2D eigenvalue weighted by molar-refractivity contribution is -0.122. The molecule has 3 aromatic rings. The number of hydrogen-bond donors (Lipinski definition) is 2. The standard InChI is InChI=1S/C24H26N2O6S/c1-16-8-13-23(31-4)22(14-16)26-33(28,29)21-11-9-18(10-12-21)25-24(27)17(2)32-20-7-5-6-19(15-20)30-3/h5-15,17,26H,1-4H3,(H,25,27)/t17-/m0/s1. The molecule has 174 valence electrons. The highest BCUT2D eigenvalue weighted by Crippen LogP contribution is 2.28. The lowest BCUT2D eigenvalue weighted by Gasteiger charge is -2.16. The first-order chi connectivity index (χ1) is 15.7. The van der Waals surface area contributed by atoms with Gasteiger partial charge in [0.1, 0.15) is 17.2 Å². The fourth-order valence-corrected chi connectivity index (χ4v) is 4.06. The van der Waals surface area contributed by atoms with Crippen molar-refractivity contribution in [3.63, 3.8) is 0 Å². The average molecular weight is 471 g/mol. The van der Waals surface area contributed by atoms with Gasteiger partial charge in [-0.2, -0.15) is 0 Å². The molecule has 0 fully saturated rings. The van der Waals surface area contributed by atoms with Gasteiger partial charge in [0.15, 0.2) is 6.10 Å². The third kappa shape index (κ3) is 6.17. The molecule has 0 aromatic heterocycles. The normalized spacial score (nSPS) is 11.9. The number of carbonyl (C=O) groups excluding carboxylic acids is 1. The number of benzene rings is 3. The Hall–Kier alpha value is -3.72. The van der Waals surface area contributed by atoms with Crippen molar-refractivity contribution in [1.82, 2.24) is 0 Å². The highest BCUT2D eigenvalue weighted by Gasteiger charge is 2.18. The summed E-state index contributed by atoms with van der Waals surface area (Å²) >= 11 is 0. The largest absolute Gasteiger partial charge is 0.497 e. The van der Waals surface area contributed by atoms with Gasteiger partial charge in [-0.3, -0.25) is 9.52 Å². The summed E-state index contributed by atoms with van der Waals surface area (Å²) in [7, 11) is -0.832. The first-order valence-electron chi connectivity index (χ1n) is 10.1. The van der Waals surface area contributed by atoms with Crippen LogP contribution in [0, 0.1) is 6.92 Å². The van der Waals surface area contributed by atoms with Crippen molar-refractivity contribution in [3.05, 3.63) is 72.3 Å². The Morgan fingerprint density at radius 1 is 0.909 bits per heavy atom. The van der Waals surface area contributed by atoms with Crippen LogP contribution in [-0.2, 0) is 14.8 Å². The van der Waals surface area contributed by atoms with Gasteiger partial charge in [-0.05, 0) is 67.9 Å². The molecule has 2 N–H and O–H groups in total. The van der Waals surface area contributed by atoms with E-state index in [-0.39, 0.29) is 10.8 Å². The van der Waals surface area contributed by atoms with Gasteiger partial charge in [-0.15, -0.1) is 0 Å². The van der Waals surface area contributed by atoms with Crippen molar-refractivity contribution in [1.29, 1.82) is 0 Å². The summed E-state index contributed by atoms with van der Waals surface area (Å²) in [6.45, 7) is 3.47. The zero-order chi connectivity index (χ0) is 24.0. The third-order valence-electron chi connectivity index (χ3n) is 4.75. The molecule has 0 saturated carbocycles. The van der Waals surface area contributed by atoms with Crippen LogP contribution in [-0.4, -0.2) is 34.6 Å². The summed E-state index contributed by atoms with van der Waals surface area (Å²) < 4.78 is 44.2. The number of ether oxygens (including phenoxy) is 3. The van der Waals surface area contributed by atoms with Crippen molar-refractivity contribution in [2.45, 2.75) is 24.8 Å². The molecule has 0 unspecified atom stereocenters. The highest BCUT2D eigenvalue weighted by atomic mass is 32.2. The van der Waals surface area contributed by atoms with E-state index in [4.69, 9.17) is 14.2 Å². The van der Waals surface area contributed by atoms with Crippen LogP contribution in [0.3, 0.4) is 0 Å². The lowest BCUT2D eigenvalue weighted by atomic mass is 10.2. The monoisotopic (exact) mass is 470 g/mol.